The third-order valence-corrected chi connectivity index (χ3v) is 3.15. The molecule has 0 spiro atoms. The maximum atomic E-state index is 5.82. The van der Waals surface area contributed by atoms with Crippen molar-refractivity contribution < 1.29 is 9.15 Å². The van der Waals surface area contributed by atoms with Crippen LogP contribution in [0.5, 0.6) is 5.75 Å². The summed E-state index contributed by atoms with van der Waals surface area (Å²) >= 11 is 0. The number of hydrogen-bond donors (Lipinski definition) is 1. The van der Waals surface area contributed by atoms with Crippen molar-refractivity contribution in [1.29, 1.82) is 0 Å². The van der Waals surface area contributed by atoms with Crippen LogP contribution in [0.15, 0.2) is 53.3 Å². The fraction of sp³-hybridized carbons (Fsp3) is 0.188. The summed E-state index contributed by atoms with van der Waals surface area (Å²) < 4.78 is 11.2. The number of aromatic nitrogens is 1. The Morgan fingerprint density at radius 2 is 2.20 bits per heavy atom. The predicted octanol–water partition coefficient (Wildman–Crippen LogP) is 3.13. The first kappa shape index (κ1) is 12.7. The smallest absolute Gasteiger partial charge is 0.124 e. The summed E-state index contributed by atoms with van der Waals surface area (Å²) in [6.07, 6.45) is 3.47. The molecule has 2 aromatic heterocycles. The van der Waals surface area contributed by atoms with Gasteiger partial charge in [-0.1, -0.05) is 6.07 Å². The maximum Gasteiger partial charge on any atom is 0.124 e. The average Bonchev–Trinajstić information content (AvgIpc) is 2.93. The first-order chi connectivity index (χ1) is 9.86. The van der Waals surface area contributed by atoms with Crippen LogP contribution >= 0.6 is 0 Å². The van der Waals surface area contributed by atoms with Crippen LogP contribution in [0.3, 0.4) is 0 Å². The second-order valence-corrected chi connectivity index (χ2v) is 4.55. The van der Waals surface area contributed by atoms with E-state index in [0.717, 1.165) is 28.0 Å². The number of benzene rings is 1. The third-order valence-electron chi connectivity index (χ3n) is 3.15. The molecule has 2 heterocycles. The molecule has 3 rings (SSSR count). The molecule has 0 aliphatic rings. The molecule has 0 bridgehead atoms. The molecule has 0 saturated carbocycles. The Hall–Kier alpha value is -2.33. The highest BCUT2D eigenvalue weighted by Gasteiger charge is 2.06. The van der Waals surface area contributed by atoms with Crippen molar-refractivity contribution in [2.24, 2.45) is 0 Å². The zero-order valence-electron chi connectivity index (χ0n) is 11.3. The molecule has 0 aliphatic heterocycles. The van der Waals surface area contributed by atoms with E-state index in [4.69, 9.17) is 9.15 Å². The Morgan fingerprint density at radius 3 is 3.10 bits per heavy atom. The van der Waals surface area contributed by atoms with Crippen LogP contribution in [0.2, 0.25) is 0 Å². The molecule has 0 saturated heterocycles. The van der Waals surface area contributed by atoms with Crippen LogP contribution in [0.1, 0.15) is 11.3 Å². The lowest BCUT2D eigenvalue weighted by molar-refractivity contribution is 0.302. The van der Waals surface area contributed by atoms with Gasteiger partial charge < -0.3 is 14.5 Å². The zero-order chi connectivity index (χ0) is 13.8. The van der Waals surface area contributed by atoms with Gasteiger partial charge in [-0.25, -0.2) is 0 Å². The van der Waals surface area contributed by atoms with E-state index in [1.54, 1.807) is 12.5 Å². The molecule has 0 unspecified atom stereocenters. The van der Waals surface area contributed by atoms with Gasteiger partial charge in [-0.2, -0.15) is 0 Å². The Morgan fingerprint density at radius 1 is 1.25 bits per heavy atom. The molecule has 3 aromatic rings. The van der Waals surface area contributed by atoms with Crippen LogP contribution in [-0.2, 0) is 13.2 Å². The van der Waals surface area contributed by atoms with E-state index in [9.17, 15) is 0 Å². The van der Waals surface area contributed by atoms with E-state index in [-0.39, 0.29) is 0 Å². The summed E-state index contributed by atoms with van der Waals surface area (Å²) in [5.74, 6) is 1.72. The van der Waals surface area contributed by atoms with Gasteiger partial charge in [0.2, 0.25) is 0 Å². The fourth-order valence-electron chi connectivity index (χ4n) is 2.11. The molecule has 0 aliphatic carbocycles. The third kappa shape index (κ3) is 2.65. The quantitative estimate of drug-likeness (QED) is 0.772. The van der Waals surface area contributed by atoms with E-state index < -0.39 is 0 Å². The van der Waals surface area contributed by atoms with Crippen molar-refractivity contribution in [3.8, 4) is 5.75 Å². The van der Waals surface area contributed by atoms with Gasteiger partial charge in [-0.05, 0) is 31.3 Å². The number of hydrogen-bond acceptors (Lipinski definition) is 4. The summed E-state index contributed by atoms with van der Waals surface area (Å²) in [6.45, 7) is 1.19. The van der Waals surface area contributed by atoms with Crippen molar-refractivity contribution in [2.75, 3.05) is 7.05 Å². The lowest BCUT2D eigenvalue weighted by atomic mass is 10.2. The normalized spacial score (nSPS) is 10.8. The fourth-order valence-corrected chi connectivity index (χ4v) is 2.11. The molecule has 0 atom stereocenters. The first-order valence-electron chi connectivity index (χ1n) is 6.54. The number of ether oxygens (including phenoxy) is 1. The molecule has 102 valence electrons. The Labute approximate surface area is 117 Å². The van der Waals surface area contributed by atoms with Crippen LogP contribution in [0.25, 0.3) is 10.9 Å². The van der Waals surface area contributed by atoms with Gasteiger partial charge in [-0.3, -0.25) is 4.98 Å². The molecule has 4 heteroatoms. The lowest BCUT2D eigenvalue weighted by Gasteiger charge is -2.07. The van der Waals surface area contributed by atoms with Crippen LogP contribution in [0.4, 0.5) is 0 Å². The van der Waals surface area contributed by atoms with Gasteiger partial charge in [0.15, 0.2) is 0 Å². The minimum Gasteiger partial charge on any atom is -0.489 e. The lowest BCUT2D eigenvalue weighted by Crippen LogP contribution is -2.07. The van der Waals surface area contributed by atoms with Crippen molar-refractivity contribution in [3.63, 3.8) is 0 Å². The minimum atomic E-state index is 0.492. The molecule has 1 N–H and O–H groups in total. The van der Waals surface area contributed by atoms with Gasteiger partial charge in [0.05, 0.1) is 18.3 Å². The number of nitrogens with one attached hydrogen (secondary N) is 1. The topological polar surface area (TPSA) is 47.3 Å². The van der Waals surface area contributed by atoms with Crippen molar-refractivity contribution in [2.45, 2.75) is 13.2 Å². The highest BCUT2D eigenvalue weighted by atomic mass is 16.5. The largest absolute Gasteiger partial charge is 0.489 e. The number of pyridine rings is 1. The highest BCUT2D eigenvalue weighted by molar-refractivity contribution is 5.79. The predicted molar refractivity (Wildman–Crippen MR) is 77.5 cm³/mol. The second kappa shape index (κ2) is 5.75. The van der Waals surface area contributed by atoms with Gasteiger partial charge >= 0.3 is 0 Å². The second-order valence-electron chi connectivity index (χ2n) is 4.55. The van der Waals surface area contributed by atoms with Gasteiger partial charge in [0.25, 0.3) is 0 Å². The van der Waals surface area contributed by atoms with E-state index in [1.807, 2.05) is 43.4 Å². The minimum absolute atomic E-state index is 0.492. The standard InChI is InChI=1S/C16H16N2O2/c1-17-10-16-13(6-8-19-16)11-20-14-5-4-12-3-2-7-18-15(12)9-14/h2-9,17H,10-11H2,1H3. The Bertz CT molecular complexity index is 706. The summed E-state index contributed by atoms with van der Waals surface area (Å²) in [6, 6.07) is 11.8. The van der Waals surface area contributed by atoms with E-state index in [0.29, 0.717) is 13.2 Å². The molecule has 0 amide bonds. The highest BCUT2D eigenvalue weighted by Crippen LogP contribution is 2.20. The van der Waals surface area contributed by atoms with Crippen molar-refractivity contribution in [1.82, 2.24) is 10.3 Å². The summed E-state index contributed by atoms with van der Waals surface area (Å²) in [5.41, 5.74) is 1.99. The summed E-state index contributed by atoms with van der Waals surface area (Å²) in [4.78, 5) is 4.33. The van der Waals surface area contributed by atoms with Crippen molar-refractivity contribution >= 4 is 10.9 Å². The average molecular weight is 268 g/mol. The number of furan rings is 1. The van der Waals surface area contributed by atoms with Crippen LogP contribution in [-0.4, -0.2) is 12.0 Å². The molecule has 0 fully saturated rings. The first-order valence-corrected chi connectivity index (χ1v) is 6.54. The Kier molecular flexibility index (Phi) is 3.65. The monoisotopic (exact) mass is 268 g/mol. The van der Waals surface area contributed by atoms with Gasteiger partial charge in [0.1, 0.15) is 18.1 Å². The molecular formula is C16H16N2O2. The molecule has 4 nitrogen and oxygen atoms in total. The Balaban J connectivity index is 1.74. The number of nitrogens with zero attached hydrogens (tertiary/aromatic N) is 1. The van der Waals surface area contributed by atoms with E-state index >= 15 is 0 Å². The van der Waals surface area contributed by atoms with E-state index in [1.165, 1.54) is 0 Å². The van der Waals surface area contributed by atoms with E-state index in [2.05, 4.69) is 10.3 Å². The van der Waals surface area contributed by atoms with Gasteiger partial charge in [-0.15, -0.1) is 0 Å². The zero-order valence-corrected chi connectivity index (χ0v) is 11.3. The van der Waals surface area contributed by atoms with Crippen LogP contribution < -0.4 is 10.1 Å². The van der Waals surface area contributed by atoms with Crippen LogP contribution in [0, 0.1) is 0 Å². The maximum absolute atomic E-state index is 5.82. The molecule has 20 heavy (non-hydrogen) atoms. The SMILES string of the molecule is CNCc1occc1COc1ccc2cccnc2c1. The van der Waals surface area contributed by atoms with Crippen molar-refractivity contribution in [3.05, 3.63) is 60.2 Å². The molecule has 0 radical (unpaired) electrons. The molecular weight excluding hydrogens is 252 g/mol. The number of fused-ring (bicyclic) bond motifs is 1. The van der Waals surface area contributed by atoms with Gasteiger partial charge in [0, 0.05) is 23.2 Å². The molecule has 1 aromatic carbocycles. The summed E-state index contributed by atoms with van der Waals surface area (Å²) in [5, 5.41) is 4.18. The summed E-state index contributed by atoms with van der Waals surface area (Å²) in [7, 11) is 1.89. The number of rotatable bonds is 5.